The van der Waals surface area contributed by atoms with E-state index in [1.807, 2.05) is 22.9 Å². The molecule has 3 aromatic rings. The lowest BCUT2D eigenvalue weighted by Gasteiger charge is -2.20. The fourth-order valence-corrected chi connectivity index (χ4v) is 1.96. The predicted octanol–water partition coefficient (Wildman–Crippen LogP) is 2.49. The van der Waals surface area contributed by atoms with Crippen molar-refractivity contribution in [3.05, 3.63) is 36.8 Å². The molecular weight excluding hydrogens is 252 g/mol. The summed E-state index contributed by atoms with van der Waals surface area (Å²) in [7, 11) is 0. The number of nitrogens with zero attached hydrogens (tertiary/aromatic N) is 5. The van der Waals surface area contributed by atoms with Gasteiger partial charge in [0, 0.05) is 24.2 Å². The average molecular weight is 268 g/mol. The maximum Gasteiger partial charge on any atom is 0.181 e. The summed E-state index contributed by atoms with van der Waals surface area (Å²) in [6, 6.07) is 5.70. The molecule has 0 saturated heterocycles. The first kappa shape index (κ1) is 12.5. The van der Waals surface area contributed by atoms with Crippen LogP contribution in [0, 0.1) is 0 Å². The molecule has 1 N–H and O–H groups in total. The lowest BCUT2D eigenvalue weighted by molar-refractivity contribution is 0.359. The van der Waals surface area contributed by atoms with E-state index < -0.39 is 0 Å². The predicted molar refractivity (Wildman–Crippen MR) is 75.8 cm³/mol. The van der Waals surface area contributed by atoms with Crippen LogP contribution in [0.15, 0.2) is 36.8 Å². The zero-order chi connectivity index (χ0) is 14.2. The standard InChI is InChI=1S/C14H16N6/c1-14(2,3)20-13(11-6-9-16-18-11)17-12(19-20)10-4-7-15-8-5-10/h4-9H,1-3H3,(H,16,18). The van der Waals surface area contributed by atoms with Crippen LogP contribution in [0.2, 0.25) is 0 Å². The van der Waals surface area contributed by atoms with E-state index in [1.54, 1.807) is 18.6 Å². The van der Waals surface area contributed by atoms with Crippen LogP contribution in [0.4, 0.5) is 0 Å². The van der Waals surface area contributed by atoms with Gasteiger partial charge in [0.05, 0.1) is 5.54 Å². The molecule has 6 heteroatoms. The third-order valence-corrected chi connectivity index (χ3v) is 2.92. The fourth-order valence-electron chi connectivity index (χ4n) is 1.96. The van der Waals surface area contributed by atoms with E-state index in [9.17, 15) is 0 Å². The number of nitrogens with one attached hydrogen (secondary N) is 1. The van der Waals surface area contributed by atoms with Gasteiger partial charge in [-0.15, -0.1) is 5.10 Å². The Bertz CT molecular complexity index is 691. The Hall–Kier alpha value is -2.50. The van der Waals surface area contributed by atoms with Crippen LogP contribution >= 0.6 is 0 Å². The van der Waals surface area contributed by atoms with Crippen LogP contribution in [0.25, 0.3) is 22.9 Å². The number of pyridine rings is 1. The minimum atomic E-state index is -0.168. The van der Waals surface area contributed by atoms with Gasteiger partial charge in [-0.05, 0) is 39.0 Å². The van der Waals surface area contributed by atoms with Crippen LogP contribution in [0.1, 0.15) is 20.8 Å². The van der Waals surface area contributed by atoms with Crippen molar-refractivity contribution in [2.45, 2.75) is 26.3 Å². The quantitative estimate of drug-likeness (QED) is 0.775. The van der Waals surface area contributed by atoms with Crippen LogP contribution in [0.5, 0.6) is 0 Å². The molecule has 0 aliphatic rings. The lowest BCUT2D eigenvalue weighted by atomic mass is 10.1. The monoisotopic (exact) mass is 268 g/mol. The molecule has 0 spiro atoms. The van der Waals surface area contributed by atoms with Crippen molar-refractivity contribution in [3.8, 4) is 22.9 Å². The zero-order valence-corrected chi connectivity index (χ0v) is 11.7. The number of rotatable bonds is 2. The highest BCUT2D eigenvalue weighted by molar-refractivity contribution is 5.58. The van der Waals surface area contributed by atoms with Crippen molar-refractivity contribution < 1.29 is 0 Å². The Morgan fingerprint density at radius 2 is 1.80 bits per heavy atom. The molecule has 0 unspecified atom stereocenters. The van der Waals surface area contributed by atoms with Crippen molar-refractivity contribution in [1.82, 2.24) is 29.9 Å². The van der Waals surface area contributed by atoms with Crippen molar-refractivity contribution in [2.24, 2.45) is 0 Å². The molecule has 0 saturated carbocycles. The van der Waals surface area contributed by atoms with Crippen molar-refractivity contribution in [3.63, 3.8) is 0 Å². The van der Waals surface area contributed by atoms with Gasteiger partial charge in [0.25, 0.3) is 0 Å². The number of hydrogen-bond donors (Lipinski definition) is 1. The molecule has 6 nitrogen and oxygen atoms in total. The molecule has 3 heterocycles. The molecule has 20 heavy (non-hydrogen) atoms. The molecule has 0 bridgehead atoms. The molecule has 0 aliphatic carbocycles. The third-order valence-electron chi connectivity index (χ3n) is 2.92. The molecule has 3 rings (SSSR count). The summed E-state index contributed by atoms with van der Waals surface area (Å²) in [6.07, 6.45) is 5.19. The SMILES string of the molecule is CC(C)(C)n1nc(-c2ccncc2)nc1-c1ccn[nH]1. The summed E-state index contributed by atoms with van der Waals surface area (Å²) in [5.41, 5.74) is 1.63. The highest BCUT2D eigenvalue weighted by Gasteiger charge is 2.23. The second-order valence-corrected chi connectivity index (χ2v) is 5.55. The van der Waals surface area contributed by atoms with Crippen LogP contribution < -0.4 is 0 Å². The zero-order valence-electron chi connectivity index (χ0n) is 11.7. The first-order valence-corrected chi connectivity index (χ1v) is 6.43. The summed E-state index contributed by atoms with van der Waals surface area (Å²) >= 11 is 0. The molecule has 0 aliphatic heterocycles. The Morgan fingerprint density at radius 1 is 1.05 bits per heavy atom. The number of aromatic nitrogens is 6. The maximum atomic E-state index is 4.64. The van der Waals surface area contributed by atoms with Gasteiger partial charge in [-0.3, -0.25) is 10.1 Å². The summed E-state index contributed by atoms with van der Waals surface area (Å²) in [4.78, 5) is 8.66. The molecule has 0 aromatic carbocycles. The Morgan fingerprint density at radius 3 is 2.40 bits per heavy atom. The van der Waals surface area contributed by atoms with Gasteiger partial charge in [-0.25, -0.2) is 9.67 Å². The van der Waals surface area contributed by atoms with E-state index in [0.717, 1.165) is 17.1 Å². The Balaban J connectivity index is 2.17. The van der Waals surface area contributed by atoms with Gasteiger partial charge >= 0.3 is 0 Å². The summed E-state index contributed by atoms with van der Waals surface area (Å²) in [6.45, 7) is 6.29. The van der Waals surface area contributed by atoms with Gasteiger partial charge in [0.2, 0.25) is 0 Å². The van der Waals surface area contributed by atoms with E-state index in [1.165, 1.54) is 0 Å². The highest BCUT2D eigenvalue weighted by atomic mass is 15.4. The normalized spacial score (nSPS) is 11.8. The first-order chi connectivity index (χ1) is 9.55. The summed E-state index contributed by atoms with van der Waals surface area (Å²) < 4.78 is 1.91. The molecule has 3 aromatic heterocycles. The number of H-pyrrole nitrogens is 1. The van der Waals surface area contributed by atoms with Gasteiger partial charge in [-0.1, -0.05) is 0 Å². The second kappa shape index (κ2) is 4.56. The van der Waals surface area contributed by atoms with E-state index >= 15 is 0 Å². The second-order valence-electron chi connectivity index (χ2n) is 5.55. The smallest absolute Gasteiger partial charge is 0.181 e. The number of aromatic amines is 1. The summed E-state index contributed by atoms with van der Waals surface area (Å²) in [5.74, 6) is 1.47. The minimum Gasteiger partial charge on any atom is -0.275 e. The molecule has 0 amide bonds. The first-order valence-electron chi connectivity index (χ1n) is 6.43. The van der Waals surface area contributed by atoms with Crippen LogP contribution in [-0.4, -0.2) is 29.9 Å². The van der Waals surface area contributed by atoms with Gasteiger partial charge in [-0.2, -0.15) is 5.10 Å². The maximum absolute atomic E-state index is 4.64. The Labute approximate surface area is 116 Å². The number of hydrogen-bond acceptors (Lipinski definition) is 4. The lowest BCUT2D eigenvalue weighted by Crippen LogP contribution is -2.24. The van der Waals surface area contributed by atoms with Crippen molar-refractivity contribution >= 4 is 0 Å². The molecular formula is C14H16N6. The van der Waals surface area contributed by atoms with Gasteiger partial charge < -0.3 is 0 Å². The molecule has 102 valence electrons. The fraction of sp³-hybridized carbons (Fsp3) is 0.286. The molecule has 0 radical (unpaired) electrons. The minimum absolute atomic E-state index is 0.168. The topological polar surface area (TPSA) is 72.3 Å². The average Bonchev–Trinajstić information content (AvgIpc) is 3.08. The van der Waals surface area contributed by atoms with E-state index in [-0.39, 0.29) is 5.54 Å². The van der Waals surface area contributed by atoms with Gasteiger partial charge in [0.15, 0.2) is 11.6 Å². The van der Waals surface area contributed by atoms with Crippen LogP contribution in [0.3, 0.4) is 0 Å². The molecule has 0 fully saturated rings. The van der Waals surface area contributed by atoms with Crippen molar-refractivity contribution in [1.29, 1.82) is 0 Å². The van der Waals surface area contributed by atoms with Crippen LogP contribution in [-0.2, 0) is 5.54 Å². The summed E-state index contributed by atoms with van der Waals surface area (Å²) in [5, 5.41) is 11.6. The Kier molecular flexibility index (Phi) is 2.85. The third kappa shape index (κ3) is 2.20. The van der Waals surface area contributed by atoms with Gasteiger partial charge in [0.1, 0.15) is 5.69 Å². The van der Waals surface area contributed by atoms with E-state index in [2.05, 4.69) is 46.0 Å². The largest absolute Gasteiger partial charge is 0.275 e. The van der Waals surface area contributed by atoms with E-state index in [0.29, 0.717) is 5.82 Å². The van der Waals surface area contributed by atoms with Crippen molar-refractivity contribution in [2.75, 3.05) is 0 Å². The van der Waals surface area contributed by atoms with E-state index in [4.69, 9.17) is 0 Å². The molecule has 0 atom stereocenters. The highest BCUT2D eigenvalue weighted by Crippen LogP contribution is 2.25.